The van der Waals surface area contributed by atoms with Crippen molar-refractivity contribution >= 4 is 23.8 Å². The van der Waals surface area contributed by atoms with E-state index in [4.69, 9.17) is 9.47 Å². The molecule has 0 aromatic rings. The number of amides is 2. The minimum atomic E-state index is -0.296. The van der Waals surface area contributed by atoms with Gasteiger partial charge in [-0.1, -0.05) is 0 Å². The van der Waals surface area contributed by atoms with Gasteiger partial charge >= 0.3 is 11.9 Å². The molecule has 2 amide bonds. The summed E-state index contributed by atoms with van der Waals surface area (Å²) in [4.78, 5) is 48.3. The van der Waals surface area contributed by atoms with Crippen molar-refractivity contribution in [3.8, 4) is 0 Å². The van der Waals surface area contributed by atoms with E-state index in [0.717, 1.165) is 32.1 Å². The molecule has 4 aliphatic carbocycles. The van der Waals surface area contributed by atoms with Crippen LogP contribution >= 0.6 is 0 Å². The normalized spacial score (nSPS) is 29.9. The van der Waals surface area contributed by atoms with Gasteiger partial charge in [-0.05, 0) is 75.0 Å². The zero-order valence-corrected chi connectivity index (χ0v) is 19.5. The van der Waals surface area contributed by atoms with Crippen molar-refractivity contribution in [3.63, 3.8) is 0 Å². The van der Waals surface area contributed by atoms with E-state index in [2.05, 4.69) is 10.6 Å². The molecule has 0 atom stereocenters. The summed E-state index contributed by atoms with van der Waals surface area (Å²) >= 11 is 0. The summed E-state index contributed by atoms with van der Waals surface area (Å²) in [5.74, 6) is 0.549. The fourth-order valence-corrected chi connectivity index (χ4v) is 6.94. The van der Waals surface area contributed by atoms with Crippen LogP contribution < -0.4 is 10.6 Å². The first-order valence-electron chi connectivity index (χ1n) is 12.1. The van der Waals surface area contributed by atoms with Crippen molar-refractivity contribution in [1.82, 2.24) is 10.6 Å². The molecule has 0 spiro atoms. The molecular formula is C24H38N2O6. The second-order valence-corrected chi connectivity index (χ2v) is 10.1. The molecule has 8 nitrogen and oxygen atoms in total. The van der Waals surface area contributed by atoms with E-state index in [1.54, 1.807) is 13.8 Å². The molecule has 180 valence electrons. The molecule has 0 saturated heterocycles. The van der Waals surface area contributed by atoms with Crippen molar-refractivity contribution in [2.75, 3.05) is 26.3 Å². The fourth-order valence-electron chi connectivity index (χ4n) is 6.94. The van der Waals surface area contributed by atoms with Gasteiger partial charge in [-0.2, -0.15) is 0 Å². The van der Waals surface area contributed by atoms with Crippen LogP contribution in [0.3, 0.4) is 0 Å². The van der Waals surface area contributed by atoms with Gasteiger partial charge in [0.1, 0.15) is 0 Å². The lowest BCUT2D eigenvalue weighted by Crippen LogP contribution is -2.54. The Hall–Kier alpha value is -2.12. The van der Waals surface area contributed by atoms with Gasteiger partial charge in [-0.15, -0.1) is 0 Å². The number of esters is 2. The molecule has 4 aliphatic rings. The molecule has 4 saturated carbocycles. The number of carbonyl (C=O) groups excluding carboxylic acids is 4. The van der Waals surface area contributed by atoms with Crippen LogP contribution in [0.5, 0.6) is 0 Å². The van der Waals surface area contributed by atoms with Gasteiger partial charge < -0.3 is 20.1 Å². The summed E-state index contributed by atoms with van der Waals surface area (Å²) in [6.07, 6.45) is 7.65. The highest BCUT2D eigenvalue weighted by Crippen LogP contribution is 2.67. The predicted octanol–water partition coefficient (Wildman–Crippen LogP) is 2.49. The molecule has 0 heterocycles. The molecule has 4 fully saturated rings. The van der Waals surface area contributed by atoms with Crippen LogP contribution in [0.15, 0.2) is 0 Å². The molecule has 8 heteroatoms. The number of rotatable bonds is 12. The number of hydrogen-bond donors (Lipinski definition) is 2. The van der Waals surface area contributed by atoms with Crippen LogP contribution in [0.25, 0.3) is 0 Å². The van der Waals surface area contributed by atoms with Crippen molar-refractivity contribution < 1.29 is 28.7 Å². The second-order valence-electron chi connectivity index (χ2n) is 10.1. The average molecular weight is 451 g/mol. The average Bonchev–Trinajstić information content (AvgIpc) is 2.66. The molecular weight excluding hydrogens is 412 g/mol. The van der Waals surface area contributed by atoms with Gasteiger partial charge in [-0.3, -0.25) is 19.2 Å². The molecule has 0 aromatic heterocycles. The van der Waals surface area contributed by atoms with E-state index < -0.39 is 0 Å². The SMILES string of the molecule is CCOC(=O)CCNC(=O)CC12CC3CC(C1)CC(CC(=O)NCCC(=O)OCC)(C3)C2. The first-order chi connectivity index (χ1) is 15.3. The lowest BCUT2D eigenvalue weighted by molar-refractivity contribution is -0.146. The predicted molar refractivity (Wildman–Crippen MR) is 117 cm³/mol. The summed E-state index contributed by atoms with van der Waals surface area (Å²) < 4.78 is 9.81. The summed E-state index contributed by atoms with van der Waals surface area (Å²) in [5.41, 5.74) is -0.0768. The van der Waals surface area contributed by atoms with Gasteiger partial charge in [0.2, 0.25) is 11.8 Å². The highest BCUT2D eigenvalue weighted by molar-refractivity contribution is 5.79. The van der Waals surface area contributed by atoms with Crippen molar-refractivity contribution in [2.45, 2.75) is 78.1 Å². The number of carbonyl (C=O) groups is 4. The summed E-state index contributed by atoms with van der Waals surface area (Å²) in [5, 5.41) is 5.77. The maximum atomic E-state index is 12.7. The Bertz CT molecular complexity index is 651. The highest BCUT2D eigenvalue weighted by Gasteiger charge is 2.58. The van der Waals surface area contributed by atoms with Crippen LogP contribution in [0.2, 0.25) is 0 Å². The maximum absolute atomic E-state index is 12.7. The van der Waals surface area contributed by atoms with Crippen molar-refractivity contribution in [2.24, 2.45) is 22.7 Å². The maximum Gasteiger partial charge on any atom is 0.307 e. The van der Waals surface area contributed by atoms with Crippen LogP contribution in [0.4, 0.5) is 0 Å². The molecule has 4 rings (SSSR count). The van der Waals surface area contributed by atoms with Crippen molar-refractivity contribution in [1.29, 1.82) is 0 Å². The minimum absolute atomic E-state index is 0.00899. The summed E-state index contributed by atoms with van der Waals surface area (Å²) in [6, 6.07) is 0. The topological polar surface area (TPSA) is 111 Å². The van der Waals surface area contributed by atoms with Crippen molar-refractivity contribution in [3.05, 3.63) is 0 Å². The molecule has 2 N–H and O–H groups in total. The van der Waals surface area contributed by atoms with E-state index in [-0.39, 0.29) is 47.4 Å². The van der Waals surface area contributed by atoms with E-state index in [1.165, 1.54) is 6.42 Å². The Morgan fingerprint density at radius 1 is 0.750 bits per heavy atom. The Balaban J connectivity index is 1.51. The quantitative estimate of drug-likeness (QED) is 0.442. The Labute approximate surface area is 190 Å². The van der Waals surface area contributed by atoms with Crippen LogP contribution in [0.1, 0.15) is 78.1 Å². The summed E-state index contributed by atoms with van der Waals surface area (Å²) in [6.45, 7) is 4.82. The van der Waals surface area contributed by atoms with Gasteiger partial charge in [0, 0.05) is 25.9 Å². The van der Waals surface area contributed by atoms with E-state index in [0.29, 0.717) is 51.0 Å². The smallest absolute Gasteiger partial charge is 0.307 e. The van der Waals surface area contributed by atoms with Crippen LogP contribution in [-0.2, 0) is 28.7 Å². The van der Waals surface area contributed by atoms with E-state index >= 15 is 0 Å². The van der Waals surface area contributed by atoms with Gasteiger partial charge in [-0.25, -0.2) is 0 Å². The largest absolute Gasteiger partial charge is 0.466 e. The fraction of sp³-hybridized carbons (Fsp3) is 0.833. The first kappa shape index (κ1) is 24.5. The lowest BCUT2D eigenvalue weighted by Gasteiger charge is -2.62. The molecule has 0 aliphatic heterocycles. The van der Waals surface area contributed by atoms with Crippen LogP contribution in [0, 0.1) is 22.7 Å². The molecule has 0 unspecified atom stereocenters. The number of hydrogen-bond acceptors (Lipinski definition) is 6. The summed E-state index contributed by atoms with van der Waals surface area (Å²) in [7, 11) is 0. The monoisotopic (exact) mass is 450 g/mol. The molecule has 0 radical (unpaired) electrons. The minimum Gasteiger partial charge on any atom is -0.466 e. The lowest BCUT2D eigenvalue weighted by atomic mass is 9.43. The molecule has 0 aromatic carbocycles. The van der Waals surface area contributed by atoms with E-state index in [9.17, 15) is 19.2 Å². The number of nitrogens with one attached hydrogen (secondary N) is 2. The first-order valence-corrected chi connectivity index (χ1v) is 12.1. The third-order valence-corrected chi connectivity index (χ3v) is 7.29. The Kier molecular flexibility index (Phi) is 8.17. The zero-order valence-electron chi connectivity index (χ0n) is 19.5. The Morgan fingerprint density at radius 2 is 1.16 bits per heavy atom. The highest BCUT2D eigenvalue weighted by atomic mass is 16.5. The number of ether oxygens (including phenoxy) is 2. The molecule has 32 heavy (non-hydrogen) atoms. The van der Waals surface area contributed by atoms with E-state index in [1.807, 2.05) is 0 Å². The molecule has 4 bridgehead atoms. The van der Waals surface area contributed by atoms with Gasteiger partial charge in [0.05, 0.1) is 26.1 Å². The standard InChI is InChI=1S/C24H38N2O6/c1-3-31-21(29)5-7-25-19(27)14-23-10-17-9-18(11-23)13-24(12-17,16-23)15-20(28)26-8-6-22(30)32-4-2/h17-18H,3-16H2,1-2H3,(H,25,27)(H,26,28). The van der Waals surface area contributed by atoms with Gasteiger partial charge in [0.25, 0.3) is 0 Å². The van der Waals surface area contributed by atoms with Crippen LogP contribution in [-0.4, -0.2) is 50.1 Å². The third kappa shape index (κ3) is 6.45. The third-order valence-electron chi connectivity index (χ3n) is 7.29. The Morgan fingerprint density at radius 3 is 1.53 bits per heavy atom. The second kappa shape index (κ2) is 10.7. The van der Waals surface area contributed by atoms with Gasteiger partial charge in [0.15, 0.2) is 0 Å². The zero-order chi connectivity index (χ0) is 23.2.